The van der Waals surface area contributed by atoms with Crippen LogP contribution in [0.2, 0.25) is 0 Å². The number of hydrogen-bond donors (Lipinski definition) is 1. The van der Waals surface area contributed by atoms with Gasteiger partial charge in [0.05, 0.1) is 23.6 Å². The normalized spacial score (nSPS) is 17.9. The Bertz CT molecular complexity index is 1150. The fourth-order valence-corrected chi connectivity index (χ4v) is 4.89. The molecular formula is C24H22N4O2S. The van der Waals surface area contributed by atoms with Crippen molar-refractivity contribution in [3.05, 3.63) is 81.7 Å². The molecule has 0 bridgehead atoms. The summed E-state index contributed by atoms with van der Waals surface area (Å²) in [5.41, 5.74) is 1.68. The third-order valence-electron chi connectivity index (χ3n) is 5.26. The number of hydrogen-bond acceptors (Lipinski definition) is 5. The second kappa shape index (κ2) is 8.70. The van der Waals surface area contributed by atoms with Gasteiger partial charge in [0.1, 0.15) is 5.82 Å². The molecule has 3 heterocycles. The van der Waals surface area contributed by atoms with Crippen LogP contribution in [0.4, 0.5) is 5.82 Å². The third kappa shape index (κ3) is 4.07. The van der Waals surface area contributed by atoms with Crippen molar-refractivity contribution < 1.29 is 9.59 Å². The maximum absolute atomic E-state index is 13.6. The van der Waals surface area contributed by atoms with Crippen LogP contribution in [0, 0.1) is 17.2 Å². The van der Waals surface area contributed by atoms with E-state index in [1.165, 1.54) is 17.5 Å². The summed E-state index contributed by atoms with van der Waals surface area (Å²) in [5.74, 6) is -0.349. The molecule has 2 aromatic heterocycles. The number of carbonyl (C=O) groups excluding carboxylic acids is 2. The Morgan fingerprint density at radius 2 is 2.06 bits per heavy atom. The molecule has 0 unspecified atom stereocenters. The zero-order chi connectivity index (χ0) is 22.0. The maximum Gasteiger partial charge on any atom is 0.254 e. The van der Waals surface area contributed by atoms with E-state index in [1.54, 1.807) is 18.2 Å². The molecule has 7 heteroatoms. The van der Waals surface area contributed by atoms with E-state index in [9.17, 15) is 9.59 Å². The monoisotopic (exact) mass is 430 g/mol. The molecule has 1 aliphatic heterocycles. The van der Waals surface area contributed by atoms with E-state index >= 15 is 0 Å². The first kappa shape index (κ1) is 20.8. The zero-order valence-corrected chi connectivity index (χ0v) is 18.1. The standard InChI is InChI=1S/C24H22N4O2S/c1-15(2)14-28-22(19-8-5-11-31-19)21(17-6-3-4-7-18(17)24(28)30)23(29)27-20-12-16(13-25)9-10-26-20/h3-12,15,21-22H,14H2,1-2H3,(H,26,27,29)/t21-,22+/m0/s1. The lowest BCUT2D eigenvalue weighted by Gasteiger charge is -2.41. The van der Waals surface area contributed by atoms with Gasteiger partial charge in [0, 0.05) is 23.2 Å². The van der Waals surface area contributed by atoms with E-state index in [1.807, 2.05) is 40.6 Å². The minimum Gasteiger partial charge on any atom is -0.329 e. The number of rotatable bonds is 5. The van der Waals surface area contributed by atoms with Crippen LogP contribution in [0.25, 0.3) is 0 Å². The van der Waals surface area contributed by atoms with E-state index in [0.717, 1.165) is 4.88 Å². The van der Waals surface area contributed by atoms with Gasteiger partial charge in [-0.05, 0) is 41.1 Å². The number of aromatic nitrogens is 1. The van der Waals surface area contributed by atoms with Crippen LogP contribution in [0.1, 0.15) is 52.2 Å². The van der Waals surface area contributed by atoms with Gasteiger partial charge in [-0.2, -0.15) is 5.26 Å². The van der Waals surface area contributed by atoms with Crippen molar-refractivity contribution in [1.82, 2.24) is 9.88 Å². The Morgan fingerprint density at radius 3 is 2.77 bits per heavy atom. The highest BCUT2D eigenvalue weighted by molar-refractivity contribution is 7.10. The minimum absolute atomic E-state index is 0.0589. The Morgan fingerprint density at radius 1 is 1.26 bits per heavy atom. The summed E-state index contributed by atoms with van der Waals surface area (Å²) in [6.07, 6.45) is 1.49. The van der Waals surface area contributed by atoms with Crippen molar-refractivity contribution in [2.24, 2.45) is 5.92 Å². The SMILES string of the molecule is CC(C)CN1C(=O)c2ccccc2[C@H](C(=O)Nc2cc(C#N)ccn2)[C@H]1c1cccs1. The minimum atomic E-state index is -0.598. The summed E-state index contributed by atoms with van der Waals surface area (Å²) < 4.78 is 0. The molecule has 0 spiro atoms. The van der Waals surface area contributed by atoms with Crippen LogP contribution >= 0.6 is 11.3 Å². The Hall–Kier alpha value is -3.50. The Balaban J connectivity index is 1.81. The molecule has 31 heavy (non-hydrogen) atoms. The van der Waals surface area contributed by atoms with Crippen LogP contribution in [0.3, 0.4) is 0 Å². The molecule has 2 atom stereocenters. The first-order valence-electron chi connectivity index (χ1n) is 10.1. The number of benzene rings is 1. The van der Waals surface area contributed by atoms with Crippen molar-refractivity contribution in [3.63, 3.8) is 0 Å². The summed E-state index contributed by atoms with van der Waals surface area (Å²) >= 11 is 1.54. The van der Waals surface area contributed by atoms with Crippen molar-refractivity contribution in [2.75, 3.05) is 11.9 Å². The summed E-state index contributed by atoms with van der Waals surface area (Å²) in [6.45, 7) is 4.67. The lowest BCUT2D eigenvalue weighted by molar-refractivity contribution is -0.119. The fraction of sp³-hybridized carbons (Fsp3) is 0.250. The molecule has 2 amide bonds. The molecule has 0 fully saturated rings. The number of fused-ring (bicyclic) bond motifs is 1. The number of pyridine rings is 1. The predicted octanol–water partition coefficient (Wildman–Crippen LogP) is 4.59. The predicted molar refractivity (Wildman–Crippen MR) is 120 cm³/mol. The van der Waals surface area contributed by atoms with Gasteiger partial charge >= 0.3 is 0 Å². The number of thiophene rings is 1. The van der Waals surface area contributed by atoms with Gasteiger partial charge in [0.15, 0.2) is 0 Å². The smallest absolute Gasteiger partial charge is 0.254 e. The number of nitriles is 1. The summed E-state index contributed by atoms with van der Waals surface area (Å²) in [4.78, 5) is 34.0. The quantitative estimate of drug-likeness (QED) is 0.641. The summed E-state index contributed by atoms with van der Waals surface area (Å²) in [7, 11) is 0. The van der Waals surface area contributed by atoms with Crippen molar-refractivity contribution in [2.45, 2.75) is 25.8 Å². The number of nitrogens with zero attached hydrogens (tertiary/aromatic N) is 3. The van der Waals surface area contributed by atoms with Crippen LogP contribution in [-0.4, -0.2) is 28.2 Å². The lowest BCUT2D eigenvalue weighted by Crippen LogP contribution is -2.47. The van der Waals surface area contributed by atoms with E-state index in [0.29, 0.717) is 29.1 Å². The Kier molecular flexibility index (Phi) is 5.83. The molecule has 4 rings (SSSR count). The average molecular weight is 431 g/mol. The lowest BCUT2D eigenvalue weighted by atomic mass is 9.81. The van der Waals surface area contributed by atoms with Crippen LogP contribution < -0.4 is 5.32 Å². The van der Waals surface area contributed by atoms with Crippen molar-refractivity contribution in [3.8, 4) is 6.07 Å². The molecule has 0 saturated heterocycles. The second-order valence-corrected chi connectivity index (χ2v) is 8.89. The highest BCUT2D eigenvalue weighted by Crippen LogP contribution is 2.44. The van der Waals surface area contributed by atoms with Gasteiger partial charge in [-0.25, -0.2) is 4.98 Å². The van der Waals surface area contributed by atoms with E-state index in [2.05, 4.69) is 30.2 Å². The summed E-state index contributed by atoms with van der Waals surface area (Å²) in [6, 6.07) is 16.0. The highest BCUT2D eigenvalue weighted by atomic mass is 32.1. The van der Waals surface area contributed by atoms with Crippen molar-refractivity contribution >= 4 is 29.0 Å². The third-order valence-corrected chi connectivity index (χ3v) is 6.20. The first-order chi connectivity index (χ1) is 15.0. The highest BCUT2D eigenvalue weighted by Gasteiger charge is 2.44. The molecule has 1 aliphatic rings. The molecule has 1 aromatic carbocycles. The summed E-state index contributed by atoms with van der Waals surface area (Å²) in [5, 5.41) is 14.0. The topological polar surface area (TPSA) is 86.1 Å². The van der Waals surface area contributed by atoms with E-state index in [-0.39, 0.29) is 17.7 Å². The van der Waals surface area contributed by atoms with Crippen LogP contribution in [0.5, 0.6) is 0 Å². The molecule has 156 valence electrons. The average Bonchev–Trinajstić information content (AvgIpc) is 3.29. The van der Waals surface area contributed by atoms with Crippen LogP contribution in [0.15, 0.2) is 60.1 Å². The molecule has 0 radical (unpaired) electrons. The number of anilines is 1. The van der Waals surface area contributed by atoms with Gasteiger partial charge in [-0.1, -0.05) is 38.1 Å². The number of amides is 2. The Labute approximate surface area is 185 Å². The van der Waals surface area contributed by atoms with E-state index < -0.39 is 12.0 Å². The maximum atomic E-state index is 13.6. The molecule has 3 aromatic rings. The van der Waals surface area contributed by atoms with Gasteiger partial charge < -0.3 is 10.2 Å². The molecule has 1 N–H and O–H groups in total. The number of carbonyl (C=O) groups is 2. The van der Waals surface area contributed by atoms with Crippen LogP contribution in [-0.2, 0) is 4.79 Å². The zero-order valence-electron chi connectivity index (χ0n) is 17.3. The molecular weight excluding hydrogens is 408 g/mol. The van der Waals surface area contributed by atoms with Gasteiger partial charge in [0.2, 0.25) is 5.91 Å². The first-order valence-corrected chi connectivity index (χ1v) is 11.0. The molecule has 0 saturated carbocycles. The van der Waals surface area contributed by atoms with Crippen molar-refractivity contribution in [1.29, 1.82) is 5.26 Å². The second-order valence-electron chi connectivity index (χ2n) is 7.91. The molecule has 6 nitrogen and oxygen atoms in total. The van der Waals surface area contributed by atoms with Gasteiger partial charge in [-0.3, -0.25) is 9.59 Å². The molecule has 0 aliphatic carbocycles. The number of nitrogens with one attached hydrogen (secondary N) is 1. The fourth-order valence-electron chi connectivity index (χ4n) is 4.02. The largest absolute Gasteiger partial charge is 0.329 e. The van der Waals surface area contributed by atoms with E-state index in [4.69, 9.17) is 5.26 Å². The van der Waals surface area contributed by atoms with Gasteiger partial charge in [0.25, 0.3) is 5.91 Å². The van der Waals surface area contributed by atoms with Gasteiger partial charge in [-0.15, -0.1) is 11.3 Å².